The van der Waals surface area contributed by atoms with Gasteiger partial charge in [0.1, 0.15) is 5.75 Å². The lowest BCUT2D eigenvalue weighted by Crippen LogP contribution is -2.20. The Hall–Kier alpha value is -1.11. The SMILES string of the molecule is CCOC1N=CS(=O)c2ccc3c(c21)OC(=S)CC3. The molecule has 2 unspecified atom stereocenters. The van der Waals surface area contributed by atoms with Crippen LogP contribution < -0.4 is 4.74 Å². The number of nitrogens with zero attached hydrogens (tertiary/aromatic N) is 1. The van der Waals surface area contributed by atoms with E-state index in [0.717, 1.165) is 24.0 Å². The molecule has 0 saturated carbocycles. The first-order valence-electron chi connectivity index (χ1n) is 6.12. The van der Waals surface area contributed by atoms with E-state index in [1.807, 2.05) is 19.1 Å². The molecule has 19 heavy (non-hydrogen) atoms. The van der Waals surface area contributed by atoms with Crippen molar-refractivity contribution in [1.82, 2.24) is 0 Å². The molecule has 1 aromatic carbocycles. The van der Waals surface area contributed by atoms with Crippen molar-refractivity contribution in [1.29, 1.82) is 0 Å². The summed E-state index contributed by atoms with van der Waals surface area (Å²) in [6.07, 6.45) is 1.14. The molecule has 0 amide bonds. The molecule has 0 bridgehead atoms. The van der Waals surface area contributed by atoms with Gasteiger partial charge in [-0.2, -0.15) is 0 Å². The van der Waals surface area contributed by atoms with Gasteiger partial charge < -0.3 is 9.47 Å². The van der Waals surface area contributed by atoms with Gasteiger partial charge in [-0.15, -0.1) is 0 Å². The summed E-state index contributed by atoms with van der Waals surface area (Å²) < 4.78 is 23.3. The van der Waals surface area contributed by atoms with Crippen LogP contribution in [0, 0.1) is 0 Å². The third-order valence-corrected chi connectivity index (χ3v) is 4.52. The van der Waals surface area contributed by atoms with Gasteiger partial charge in [-0.05, 0) is 37.2 Å². The predicted molar refractivity (Wildman–Crippen MR) is 77.3 cm³/mol. The number of rotatable bonds is 2. The van der Waals surface area contributed by atoms with Crippen LogP contribution in [-0.2, 0) is 22.0 Å². The van der Waals surface area contributed by atoms with E-state index in [1.165, 1.54) is 5.55 Å². The number of fused-ring (bicyclic) bond motifs is 3. The second-order valence-corrected chi connectivity index (χ2v) is 6.00. The van der Waals surface area contributed by atoms with Crippen LogP contribution in [0.3, 0.4) is 0 Å². The van der Waals surface area contributed by atoms with Crippen molar-refractivity contribution in [2.75, 3.05) is 6.61 Å². The van der Waals surface area contributed by atoms with E-state index in [1.54, 1.807) is 0 Å². The zero-order valence-electron chi connectivity index (χ0n) is 10.4. The van der Waals surface area contributed by atoms with Crippen molar-refractivity contribution >= 4 is 33.6 Å². The third kappa shape index (κ3) is 2.24. The molecule has 0 N–H and O–H groups in total. The molecular formula is C13H13NO3S2. The molecule has 100 valence electrons. The molecule has 2 heterocycles. The molecule has 0 spiro atoms. The minimum Gasteiger partial charge on any atom is -0.449 e. The van der Waals surface area contributed by atoms with Gasteiger partial charge in [-0.1, -0.05) is 6.07 Å². The molecule has 3 rings (SSSR count). The number of benzene rings is 1. The standard InChI is InChI=1S/C13H13NO3S2/c1-2-16-13-11-9(19(15)7-14-13)5-3-8-4-6-10(18)17-12(8)11/h3,5,7,13H,2,4,6H2,1H3. The summed E-state index contributed by atoms with van der Waals surface area (Å²) >= 11 is 5.14. The first-order valence-corrected chi connectivity index (χ1v) is 7.74. The van der Waals surface area contributed by atoms with Crippen molar-refractivity contribution in [2.24, 2.45) is 4.99 Å². The van der Waals surface area contributed by atoms with Gasteiger partial charge in [-0.25, -0.2) is 9.20 Å². The van der Waals surface area contributed by atoms with Crippen LogP contribution in [0.5, 0.6) is 5.75 Å². The van der Waals surface area contributed by atoms with E-state index < -0.39 is 17.0 Å². The fraction of sp³-hybridized carbons (Fsp3) is 0.385. The summed E-state index contributed by atoms with van der Waals surface area (Å²) in [5, 5.41) is 0.566. The number of aryl methyl sites for hydroxylation is 1. The highest BCUT2D eigenvalue weighted by molar-refractivity contribution is 7.98. The molecule has 2 aliphatic heterocycles. The fourth-order valence-corrected chi connectivity index (χ4v) is 3.41. The Kier molecular flexibility index (Phi) is 3.47. The van der Waals surface area contributed by atoms with Gasteiger partial charge >= 0.3 is 0 Å². The molecule has 6 heteroatoms. The maximum absolute atomic E-state index is 12.0. The van der Waals surface area contributed by atoms with Crippen LogP contribution in [0.2, 0.25) is 0 Å². The van der Waals surface area contributed by atoms with E-state index in [4.69, 9.17) is 21.7 Å². The van der Waals surface area contributed by atoms with Gasteiger partial charge in [0.2, 0.25) is 0 Å². The normalized spacial score (nSPS) is 24.6. The van der Waals surface area contributed by atoms with E-state index in [0.29, 0.717) is 22.3 Å². The van der Waals surface area contributed by atoms with Crippen LogP contribution in [0.25, 0.3) is 0 Å². The summed E-state index contributed by atoms with van der Waals surface area (Å²) in [5.41, 5.74) is 3.27. The Bertz CT molecular complexity index is 598. The lowest BCUT2D eigenvalue weighted by atomic mass is 10.0. The highest BCUT2D eigenvalue weighted by atomic mass is 32.2. The van der Waals surface area contributed by atoms with E-state index in [-0.39, 0.29) is 0 Å². The van der Waals surface area contributed by atoms with Gasteiger partial charge in [0.25, 0.3) is 0 Å². The third-order valence-electron chi connectivity index (χ3n) is 3.13. The number of hydrogen-bond acceptors (Lipinski definition) is 5. The van der Waals surface area contributed by atoms with Crippen LogP contribution in [0.4, 0.5) is 0 Å². The van der Waals surface area contributed by atoms with Crippen molar-refractivity contribution in [3.63, 3.8) is 0 Å². The summed E-state index contributed by atoms with van der Waals surface area (Å²) in [4.78, 5) is 4.91. The molecule has 4 nitrogen and oxygen atoms in total. The predicted octanol–water partition coefficient (Wildman–Crippen LogP) is 2.52. The van der Waals surface area contributed by atoms with Crippen molar-refractivity contribution in [2.45, 2.75) is 30.9 Å². The highest BCUT2D eigenvalue weighted by Gasteiger charge is 2.30. The maximum atomic E-state index is 12.0. The van der Waals surface area contributed by atoms with Crippen LogP contribution in [0.1, 0.15) is 30.7 Å². The van der Waals surface area contributed by atoms with Crippen molar-refractivity contribution < 1.29 is 13.7 Å². The smallest absolute Gasteiger partial charge is 0.179 e. The molecule has 0 saturated heterocycles. The monoisotopic (exact) mass is 295 g/mol. The zero-order chi connectivity index (χ0) is 13.4. The second-order valence-electron chi connectivity index (χ2n) is 4.30. The van der Waals surface area contributed by atoms with Crippen LogP contribution in [0.15, 0.2) is 22.0 Å². The number of ether oxygens (including phenoxy) is 2. The van der Waals surface area contributed by atoms with E-state index in [9.17, 15) is 4.21 Å². The molecule has 2 atom stereocenters. The Morgan fingerprint density at radius 3 is 3.16 bits per heavy atom. The largest absolute Gasteiger partial charge is 0.449 e. The quantitative estimate of drug-likeness (QED) is 0.787. The van der Waals surface area contributed by atoms with Gasteiger partial charge in [0.15, 0.2) is 11.3 Å². The van der Waals surface area contributed by atoms with Crippen LogP contribution >= 0.6 is 12.2 Å². The first-order chi connectivity index (χ1) is 9.20. The summed E-state index contributed by atoms with van der Waals surface area (Å²) in [7, 11) is -1.24. The molecule has 1 aromatic rings. The van der Waals surface area contributed by atoms with Gasteiger partial charge in [-0.3, -0.25) is 0 Å². The summed E-state index contributed by atoms with van der Waals surface area (Å²) in [5.74, 6) is 0.692. The second kappa shape index (κ2) is 5.11. The molecule has 2 aliphatic rings. The number of aliphatic imine (C=N–C) groups is 1. The molecule has 0 aliphatic carbocycles. The first kappa shape index (κ1) is 12.9. The minimum absolute atomic E-state index is 0.450. The zero-order valence-corrected chi connectivity index (χ0v) is 12.1. The van der Waals surface area contributed by atoms with Gasteiger partial charge in [0, 0.05) is 13.0 Å². The molecule has 0 aromatic heterocycles. The Morgan fingerprint density at radius 1 is 1.53 bits per heavy atom. The summed E-state index contributed by atoms with van der Waals surface area (Å²) in [6, 6.07) is 3.83. The maximum Gasteiger partial charge on any atom is 0.179 e. The lowest BCUT2D eigenvalue weighted by Gasteiger charge is -2.26. The highest BCUT2D eigenvalue weighted by Crippen LogP contribution is 2.41. The Balaban J connectivity index is 2.16. The molecule has 0 radical (unpaired) electrons. The van der Waals surface area contributed by atoms with Crippen LogP contribution in [-0.4, -0.2) is 21.4 Å². The molecule has 0 fully saturated rings. The molecular weight excluding hydrogens is 282 g/mol. The van der Waals surface area contributed by atoms with Crippen molar-refractivity contribution in [3.8, 4) is 5.75 Å². The van der Waals surface area contributed by atoms with E-state index in [2.05, 4.69) is 4.99 Å². The van der Waals surface area contributed by atoms with Crippen molar-refractivity contribution in [3.05, 3.63) is 23.3 Å². The lowest BCUT2D eigenvalue weighted by molar-refractivity contribution is 0.0660. The fourth-order valence-electron chi connectivity index (χ4n) is 2.28. The average molecular weight is 295 g/mol. The Morgan fingerprint density at radius 2 is 2.37 bits per heavy atom. The topological polar surface area (TPSA) is 47.9 Å². The van der Waals surface area contributed by atoms with Gasteiger partial charge in [0.05, 0.1) is 26.8 Å². The number of hydrogen-bond donors (Lipinski definition) is 0. The van der Waals surface area contributed by atoms with E-state index >= 15 is 0 Å². The Labute approximate surface area is 119 Å². The minimum atomic E-state index is -1.24. The summed E-state index contributed by atoms with van der Waals surface area (Å²) in [6.45, 7) is 2.43. The average Bonchev–Trinajstić information content (AvgIpc) is 2.41. The number of thiocarbonyl (C=S) groups is 1.